The number of nitrogens with zero attached hydrogens (tertiary/aromatic N) is 3. The highest BCUT2D eigenvalue weighted by molar-refractivity contribution is 9.10. The molecule has 2 heterocycles. The highest BCUT2D eigenvalue weighted by Gasteiger charge is 2.45. The lowest BCUT2D eigenvalue weighted by atomic mass is 9.99. The molecule has 1 aromatic heterocycles. The Bertz CT molecular complexity index is 443. The van der Waals surface area contributed by atoms with Crippen LogP contribution in [0.2, 0.25) is 0 Å². The largest absolute Gasteiger partial charge is 0.382 e. The van der Waals surface area contributed by atoms with Gasteiger partial charge in [-0.1, -0.05) is 6.92 Å². The quantitative estimate of drug-likeness (QED) is 0.925. The number of hydrogen-bond acceptors (Lipinski definition) is 3. The Hall–Kier alpha value is -0.390. The molecule has 0 bridgehead atoms. The lowest BCUT2D eigenvalue weighted by Gasteiger charge is -2.25. The molecule has 5 heteroatoms. The first-order valence-corrected chi connectivity index (χ1v) is 7.61. The van der Waals surface area contributed by atoms with Crippen LogP contribution in [0.4, 0.5) is 0 Å². The molecule has 3 rings (SSSR count). The Morgan fingerprint density at radius 2 is 2.33 bits per heavy atom. The van der Waals surface area contributed by atoms with Crippen molar-refractivity contribution in [2.75, 3.05) is 13.1 Å². The zero-order valence-electron chi connectivity index (χ0n) is 10.8. The van der Waals surface area contributed by atoms with Crippen LogP contribution in [0.15, 0.2) is 10.7 Å². The monoisotopic (exact) mass is 313 g/mol. The third kappa shape index (κ3) is 2.12. The molecule has 0 amide bonds. The first-order chi connectivity index (χ1) is 8.64. The number of aromatic nitrogens is 2. The van der Waals surface area contributed by atoms with Crippen molar-refractivity contribution >= 4 is 15.9 Å². The number of β-amino-alcohol motifs (C(OH)–C–C–N with tert-alkyl or cyclic N) is 1. The minimum absolute atomic E-state index is 0.723. The summed E-state index contributed by atoms with van der Waals surface area (Å²) < 4.78 is 2.90. The van der Waals surface area contributed by atoms with Gasteiger partial charge in [0.05, 0.1) is 16.4 Å². The highest BCUT2D eigenvalue weighted by atomic mass is 79.9. The Kier molecular flexibility index (Phi) is 3.24. The maximum absolute atomic E-state index is 11.0. The highest BCUT2D eigenvalue weighted by Crippen LogP contribution is 2.40. The van der Waals surface area contributed by atoms with E-state index in [1.165, 1.54) is 12.8 Å². The van der Waals surface area contributed by atoms with Crippen molar-refractivity contribution in [1.82, 2.24) is 14.7 Å². The topological polar surface area (TPSA) is 41.3 Å². The summed E-state index contributed by atoms with van der Waals surface area (Å²) in [6, 6.07) is 0.723. The molecule has 1 N–H and O–H groups in total. The predicted octanol–water partition coefficient (Wildman–Crippen LogP) is 2.11. The second-order valence-corrected chi connectivity index (χ2v) is 6.40. The van der Waals surface area contributed by atoms with Crippen LogP contribution in [-0.4, -0.2) is 38.9 Å². The molecule has 1 saturated heterocycles. The van der Waals surface area contributed by atoms with Gasteiger partial charge < -0.3 is 5.11 Å². The average molecular weight is 314 g/mol. The molecule has 1 aliphatic heterocycles. The number of hydrogen-bond donors (Lipinski definition) is 1. The number of halogens is 1. The molecule has 1 unspecified atom stereocenters. The summed E-state index contributed by atoms with van der Waals surface area (Å²) in [4.78, 5) is 2.43. The van der Waals surface area contributed by atoms with Gasteiger partial charge in [0.25, 0.3) is 0 Å². The molecule has 1 aromatic rings. The van der Waals surface area contributed by atoms with Crippen LogP contribution in [0.25, 0.3) is 0 Å². The summed E-state index contributed by atoms with van der Waals surface area (Å²) in [5.41, 5.74) is 0.236. The number of aliphatic hydroxyl groups is 1. The van der Waals surface area contributed by atoms with E-state index >= 15 is 0 Å². The minimum atomic E-state index is -0.729. The van der Waals surface area contributed by atoms with Gasteiger partial charge in [0, 0.05) is 25.7 Å². The van der Waals surface area contributed by atoms with Gasteiger partial charge in [-0.05, 0) is 41.6 Å². The van der Waals surface area contributed by atoms with Crippen molar-refractivity contribution in [2.45, 2.75) is 50.8 Å². The van der Waals surface area contributed by atoms with Crippen molar-refractivity contribution in [3.63, 3.8) is 0 Å². The van der Waals surface area contributed by atoms with E-state index in [-0.39, 0.29) is 0 Å². The molecule has 1 aliphatic carbocycles. The van der Waals surface area contributed by atoms with Crippen molar-refractivity contribution < 1.29 is 5.11 Å². The van der Waals surface area contributed by atoms with Crippen LogP contribution in [0.5, 0.6) is 0 Å². The van der Waals surface area contributed by atoms with Crippen LogP contribution >= 0.6 is 15.9 Å². The van der Waals surface area contributed by atoms with Gasteiger partial charge in [-0.15, -0.1) is 0 Å². The Labute approximate surface area is 116 Å². The third-order valence-corrected chi connectivity index (χ3v) is 4.59. The van der Waals surface area contributed by atoms with Crippen molar-refractivity contribution in [3.05, 3.63) is 16.4 Å². The number of likely N-dealkylation sites (tertiary alicyclic amines) is 1. The Morgan fingerprint density at radius 3 is 3.00 bits per heavy atom. The maximum Gasteiger partial charge on any atom is 0.121 e. The fraction of sp³-hybridized carbons (Fsp3) is 0.769. The van der Waals surface area contributed by atoms with Gasteiger partial charge in [-0.2, -0.15) is 5.10 Å². The molecule has 1 atom stereocenters. The zero-order chi connectivity index (χ0) is 12.8. The van der Waals surface area contributed by atoms with Gasteiger partial charge in [0.15, 0.2) is 0 Å². The molecule has 18 heavy (non-hydrogen) atoms. The predicted molar refractivity (Wildman–Crippen MR) is 73.3 cm³/mol. The van der Waals surface area contributed by atoms with E-state index in [1.807, 2.05) is 10.9 Å². The molecule has 0 spiro atoms. The van der Waals surface area contributed by atoms with E-state index in [0.29, 0.717) is 0 Å². The average Bonchev–Trinajstić information content (AvgIpc) is 3.01. The van der Waals surface area contributed by atoms with Crippen LogP contribution in [-0.2, 0) is 12.1 Å². The summed E-state index contributed by atoms with van der Waals surface area (Å²) in [7, 11) is 0. The minimum Gasteiger partial charge on any atom is -0.382 e. The van der Waals surface area contributed by atoms with Gasteiger partial charge in [-0.3, -0.25) is 9.58 Å². The second kappa shape index (κ2) is 4.62. The van der Waals surface area contributed by atoms with E-state index < -0.39 is 5.60 Å². The molecule has 4 nitrogen and oxygen atoms in total. The smallest absolute Gasteiger partial charge is 0.121 e. The van der Waals surface area contributed by atoms with Gasteiger partial charge in [0.1, 0.15) is 5.60 Å². The lowest BCUT2D eigenvalue weighted by Crippen LogP contribution is -2.34. The van der Waals surface area contributed by atoms with E-state index in [0.717, 1.165) is 48.7 Å². The van der Waals surface area contributed by atoms with Gasteiger partial charge >= 0.3 is 0 Å². The molecule has 1 saturated carbocycles. The summed E-state index contributed by atoms with van der Waals surface area (Å²) in [6.07, 6.45) is 6.25. The zero-order valence-corrected chi connectivity index (χ0v) is 12.4. The first kappa shape index (κ1) is 12.6. The Morgan fingerprint density at radius 1 is 1.56 bits per heavy atom. The molecule has 2 fully saturated rings. The summed E-state index contributed by atoms with van der Waals surface area (Å²) in [5.74, 6) is 0. The van der Waals surface area contributed by atoms with E-state index in [9.17, 15) is 5.11 Å². The maximum atomic E-state index is 11.0. The molecule has 0 aromatic carbocycles. The van der Waals surface area contributed by atoms with E-state index in [1.54, 1.807) is 0 Å². The summed E-state index contributed by atoms with van der Waals surface area (Å²) in [5, 5.41) is 15.3. The molecule has 100 valence electrons. The summed E-state index contributed by atoms with van der Waals surface area (Å²) >= 11 is 3.54. The molecule has 2 aliphatic rings. The van der Waals surface area contributed by atoms with Crippen LogP contribution in [0.1, 0.15) is 38.3 Å². The second-order valence-electron chi connectivity index (χ2n) is 5.55. The fourth-order valence-electron chi connectivity index (χ4n) is 2.97. The first-order valence-electron chi connectivity index (χ1n) is 6.82. The normalized spacial score (nSPS) is 29.1. The van der Waals surface area contributed by atoms with E-state index in [4.69, 9.17) is 0 Å². The standard InChI is InChI=1S/C13H20BrN3O/c1-2-6-17-12(11(14)8-15-17)13(18)5-7-16(9-13)10-3-4-10/h8,10,18H,2-7,9H2,1H3. The van der Waals surface area contributed by atoms with Crippen LogP contribution in [0.3, 0.4) is 0 Å². The lowest BCUT2D eigenvalue weighted by molar-refractivity contribution is 0.0352. The van der Waals surface area contributed by atoms with E-state index in [2.05, 4.69) is 32.9 Å². The van der Waals surface area contributed by atoms with Gasteiger partial charge in [0.2, 0.25) is 0 Å². The van der Waals surface area contributed by atoms with Crippen molar-refractivity contribution in [2.24, 2.45) is 0 Å². The van der Waals surface area contributed by atoms with Crippen molar-refractivity contribution in [3.8, 4) is 0 Å². The molecular weight excluding hydrogens is 294 g/mol. The summed E-state index contributed by atoms with van der Waals surface area (Å²) in [6.45, 7) is 4.76. The SMILES string of the molecule is CCCn1ncc(Br)c1C1(O)CCN(C2CC2)C1. The number of rotatable bonds is 4. The molecular formula is C13H20BrN3O. The van der Waals surface area contributed by atoms with Gasteiger partial charge in [-0.25, -0.2) is 0 Å². The third-order valence-electron chi connectivity index (χ3n) is 4.01. The number of aryl methyl sites for hydroxylation is 1. The van der Waals surface area contributed by atoms with Crippen LogP contribution in [0, 0.1) is 0 Å². The molecule has 0 radical (unpaired) electrons. The Balaban J connectivity index is 1.86. The van der Waals surface area contributed by atoms with Crippen molar-refractivity contribution in [1.29, 1.82) is 0 Å². The fourth-order valence-corrected chi connectivity index (χ4v) is 3.64. The van der Waals surface area contributed by atoms with Crippen LogP contribution < -0.4 is 0 Å².